The summed E-state index contributed by atoms with van der Waals surface area (Å²) < 4.78 is 5.16. The number of rotatable bonds is 5. The van der Waals surface area contributed by atoms with Crippen molar-refractivity contribution in [2.75, 3.05) is 0 Å². The number of hydrogen-bond acceptors (Lipinski definition) is 6. The van der Waals surface area contributed by atoms with Gasteiger partial charge in [0.15, 0.2) is 0 Å². The van der Waals surface area contributed by atoms with Crippen molar-refractivity contribution in [1.29, 1.82) is 0 Å². The number of ether oxygens (including phenoxy) is 1. The van der Waals surface area contributed by atoms with Crippen LogP contribution in [0.5, 0.6) is 11.5 Å². The summed E-state index contributed by atoms with van der Waals surface area (Å²) in [5, 5.41) is 21.7. The monoisotopic (exact) mass is 341 g/mol. The van der Waals surface area contributed by atoms with Crippen molar-refractivity contribution in [1.82, 2.24) is 4.98 Å². The lowest BCUT2D eigenvalue weighted by Crippen LogP contribution is -2.05. The summed E-state index contributed by atoms with van der Waals surface area (Å²) in [6.45, 7) is 0.0322. The second-order valence-electron chi connectivity index (χ2n) is 5.17. The van der Waals surface area contributed by atoms with Crippen LogP contribution in [0.1, 0.15) is 26.6 Å². The number of thiazole rings is 1. The molecule has 2 N–H and O–H groups in total. The van der Waals surface area contributed by atoms with E-state index in [-0.39, 0.29) is 23.7 Å². The largest absolute Gasteiger partial charge is 0.508 e. The van der Waals surface area contributed by atoms with Crippen molar-refractivity contribution >= 4 is 17.3 Å². The first kappa shape index (κ1) is 16.0. The van der Waals surface area contributed by atoms with E-state index in [1.807, 2.05) is 35.7 Å². The van der Waals surface area contributed by atoms with Crippen molar-refractivity contribution < 1.29 is 19.7 Å². The SMILES string of the molecule is O=C(OCc1csc(Cc2ccccc2)n1)c1ccc(O)cc1O. The van der Waals surface area contributed by atoms with Crippen LogP contribution >= 0.6 is 11.3 Å². The highest BCUT2D eigenvalue weighted by atomic mass is 32.1. The van der Waals surface area contributed by atoms with Crippen LogP contribution in [0.15, 0.2) is 53.9 Å². The van der Waals surface area contributed by atoms with Crippen LogP contribution in [-0.2, 0) is 17.8 Å². The number of aromatic hydroxyl groups is 2. The first-order valence-electron chi connectivity index (χ1n) is 7.28. The summed E-state index contributed by atoms with van der Waals surface area (Å²) >= 11 is 1.51. The molecule has 0 saturated heterocycles. The summed E-state index contributed by atoms with van der Waals surface area (Å²) in [7, 11) is 0. The number of phenolic OH excluding ortho intramolecular Hbond substituents is 2. The second kappa shape index (κ2) is 7.14. The third-order valence-corrected chi connectivity index (χ3v) is 4.25. The lowest BCUT2D eigenvalue weighted by Gasteiger charge is -2.05. The quantitative estimate of drug-likeness (QED) is 0.694. The van der Waals surface area contributed by atoms with Gasteiger partial charge >= 0.3 is 5.97 Å². The zero-order valence-corrected chi connectivity index (χ0v) is 13.5. The van der Waals surface area contributed by atoms with Crippen LogP contribution in [0, 0.1) is 0 Å². The molecule has 0 atom stereocenters. The highest BCUT2D eigenvalue weighted by Gasteiger charge is 2.14. The molecule has 0 saturated carbocycles. The van der Waals surface area contributed by atoms with Gasteiger partial charge in [-0.3, -0.25) is 0 Å². The van der Waals surface area contributed by atoms with Gasteiger partial charge < -0.3 is 14.9 Å². The van der Waals surface area contributed by atoms with Gasteiger partial charge in [0.1, 0.15) is 23.7 Å². The minimum atomic E-state index is -0.662. The maximum atomic E-state index is 12.0. The Hall–Kier alpha value is -2.86. The molecule has 2 aromatic carbocycles. The van der Waals surface area contributed by atoms with Gasteiger partial charge in [0.25, 0.3) is 0 Å². The predicted octanol–water partition coefficient (Wildman–Crippen LogP) is 3.50. The molecule has 0 fully saturated rings. The molecule has 122 valence electrons. The number of phenols is 2. The fourth-order valence-electron chi connectivity index (χ4n) is 2.18. The molecule has 1 heterocycles. The van der Waals surface area contributed by atoms with E-state index in [4.69, 9.17) is 4.74 Å². The maximum Gasteiger partial charge on any atom is 0.342 e. The van der Waals surface area contributed by atoms with Crippen molar-refractivity contribution in [3.05, 3.63) is 75.7 Å². The van der Waals surface area contributed by atoms with E-state index < -0.39 is 5.97 Å². The smallest absolute Gasteiger partial charge is 0.342 e. The van der Waals surface area contributed by atoms with Gasteiger partial charge in [-0.2, -0.15) is 0 Å². The number of hydrogen-bond donors (Lipinski definition) is 2. The third-order valence-electron chi connectivity index (χ3n) is 3.35. The number of carbonyl (C=O) groups is 1. The Morgan fingerprint density at radius 2 is 1.92 bits per heavy atom. The molecule has 5 nitrogen and oxygen atoms in total. The van der Waals surface area contributed by atoms with Crippen LogP contribution < -0.4 is 0 Å². The van der Waals surface area contributed by atoms with Crippen LogP contribution in [-0.4, -0.2) is 21.2 Å². The van der Waals surface area contributed by atoms with Gasteiger partial charge in [0.05, 0.1) is 10.7 Å². The molecule has 0 aliphatic rings. The summed E-state index contributed by atoms with van der Waals surface area (Å²) in [6.07, 6.45) is 0.734. The van der Waals surface area contributed by atoms with Crippen LogP contribution in [0.25, 0.3) is 0 Å². The Labute approximate surface area is 142 Å². The second-order valence-corrected chi connectivity index (χ2v) is 6.12. The Bertz CT molecular complexity index is 845. The maximum absolute atomic E-state index is 12.0. The van der Waals surface area contributed by atoms with Gasteiger partial charge in [-0.15, -0.1) is 11.3 Å². The zero-order valence-electron chi connectivity index (χ0n) is 12.7. The molecule has 3 rings (SSSR count). The predicted molar refractivity (Wildman–Crippen MR) is 90.3 cm³/mol. The summed E-state index contributed by atoms with van der Waals surface area (Å²) in [5.74, 6) is -1.10. The highest BCUT2D eigenvalue weighted by molar-refractivity contribution is 7.09. The number of benzene rings is 2. The van der Waals surface area contributed by atoms with Crippen LogP contribution in [0.3, 0.4) is 0 Å². The zero-order chi connectivity index (χ0) is 16.9. The van der Waals surface area contributed by atoms with Gasteiger partial charge in [0, 0.05) is 17.9 Å². The van der Waals surface area contributed by atoms with E-state index >= 15 is 0 Å². The first-order chi connectivity index (χ1) is 11.6. The van der Waals surface area contributed by atoms with Crippen molar-refractivity contribution in [2.45, 2.75) is 13.0 Å². The average molecular weight is 341 g/mol. The molecule has 0 unspecified atom stereocenters. The fraction of sp³-hybridized carbons (Fsp3) is 0.111. The third kappa shape index (κ3) is 3.91. The molecule has 0 amide bonds. The van der Waals surface area contributed by atoms with Crippen LogP contribution in [0.2, 0.25) is 0 Å². The molecule has 24 heavy (non-hydrogen) atoms. The van der Waals surface area contributed by atoms with Crippen LogP contribution in [0.4, 0.5) is 0 Å². The number of aromatic nitrogens is 1. The molecular weight excluding hydrogens is 326 g/mol. The summed E-state index contributed by atoms with van der Waals surface area (Å²) in [6, 6.07) is 13.7. The lowest BCUT2D eigenvalue weighted by atomic mass is 10.2. The van der Waals surface area contributed by atoms with Gasteiger partial charge in [0.2, 0.25) is 0 Å². The van der Waals surface area contributed by atoms with E-state index in [0.29, 0.717) is 5.69 Å². The molecule has 0 radical (unpaired) electrons. The minimum absolute atomic E-state index is 0.00698. The number of esters is 1. The van der Waals surface area contributed by atoms with E-state index in [0.717, 1.165) is 17.5 Å². The van der Waals surface area contributed by atoms with E-state index in [2.05, 4.69) is 4.98 Å². The molecular formula is C18H15NO4S. The Morgan fingerprint density at radius 1 is 1.12 bits per heavy atom. The topological polar surface area (TPSA) is 79.7 Å². The van der Waals surface area contributed by atoms with E-state index in [9.17, 15) is 15.0 Å². The Kier molecular flexibility index (Phi) is 4.77. The molecule has 0 aliphatic heterocycles. The normalized spacial score (nSPS) is 10.5. The number of nitrogens with zero attached hydrogens (tertiary/aromatic N) is 1. The summed E-state index contributed by atoms with van der Waals surface area (Å²) in [5.41, 5.74) is 1.84. The first-order valence-corrected chi connectivity index (χ1v) is 8.16. The fourth-order valence-corrected chi connectivity index (χ4v) is 2.99. The molecule has 0 aliphatic carbocycles. The minimum Gasteiger partial charge on any atom is -0.508 e. The van der Waals surface area contributed by atoms with E-state index in [1.54, 1.807) is 0 Å². The lowest BCUT2D eigenvalue weighted by molar-refractivity contribution is 0.0465. The number of carbonyl (C=O) groups excluding carboxylic acids is 1. The Balaban J connectivity index is 1.60. The van der Waals surface area contributed by atoms with Gasteiger partial charge in [-0.25, -0.2) is 9.78 Å². The standard InChI is InChI=1S/C18H15NO4S/c20-14-6-7-15(16(21)9-14)18(22)23-10-13-11-24-17(19-13)8-12-4-2-1-3-5-12/h1-7,9,11,20-21H,8,10H2. The van der Waals surface area contributed by atoms with Gasteiger partial charge in [-0.05, 0) is 17.7 Å². The molecule has 0 spiro atoms. The van der Waals surface area contributed by atoms with Crippen molar-refractivity contribution in [2.24, 2.45) is 0 Å². The highest BCUT2D eigenvalue weighted by Crippen LogP contribution is 2.23. The summed E-state index contributed by atoms with van der Waals surface area (Å²) in [4.78, 5) is 16.4. The van der Waals surface area contributed by atoms with Crippen molar-refractivity contribution in [3.63, 3.8) is 0 Å². The molecule has 1 aromatic heterocycles. The molecule has 0 bridgehead atoms. The average Bonchev–Trinajstić information content (AvgIpc) is 3.01. The van der Waals surface area contributed by atoms with E-state index in [1.165, 1.54) is 29.0 Å². The van der Waals surface area contributed by atoms with Crippen molar-refractivity contribution in [3.8, 4) is 11.5 Å². The molecule has 3 aromatic rings. The molecule has 6 heteroatoms. The Morgan fingerprint density at radius 3 is 2.67 bits per heavy atom. The van der Waals surface area contributed by atoms with Gasteiger partial charge in [-0.1, -0.05) is 30.3 Å².